The van der Waals surface area contributed by atoms with E-state index in [4.69, 9.17) is 27.9 Å². The molecule has 1 aliphatic carbocycles. The van der Waals surface area contributed by atoms with Crippen molar-refractivity contribution in [2.75, 3.05) is 7.11 Å². The summed E-state index contributed by atoms with van der Waals surface area (Å²) in [6.45, 7) is 0. The molecule has 0 spiro atoms. The minimum atomic E-state index is -0.638. The Morgan fingerprint density at radius 2 is 2.00 bits per heavy atom. The normalized spacial score (nSPS) is 20.2. The summed E-state index contributed by atoms with van der Waals surface area (Å²) in [5, 5.41) is 11.2. The predicted octanol–water partition coefficient (Wildman–Crippen LogP) is 3.60. The van der Waals surface area contributed by atoms with Gasteiger partial charge in [0.1, 0.15) is 6.10 Å². The van der Waals surface area contributed by atoms with Gasteiger partial charge in [-0.25, -0.2) is 0 Å². The van der Waals surface area contributed by atoms with E-state index in [0.29, 0.717) is 10.0 Å². The second-order valence-electron chi connectivity index (χ2n) is 4.20. The van der Waals surface area contributed by atoms with Gasteiger partial charge in [-0.15, -0.1) is 0 Å². The number of methoxy groups -OCH3 is 1. The highest BCUT2D eigenvalue weighted by Gasteiger charge is 2.44. The van der Waals surface area contributed by atoms with E-state index in [0.717, 1.165) is 24.8 Å². The van der Waals surface area contributed by atoms with Crippen LogP contribution in [0.1, 0.15) is 30.9 Å². The van der Waals surface area contributed by atoms with Crippen LogP contribution in [0, 0.1) is 0 Å². The molecule has 0 aromatic heterocycles. The molecule has 0 aliphatic heterocycles. The summed E-state index contributed by atoms with van der Waals surface area (Å²) in [5.74, 6) is 0. The monoisotopic (exact) mass is 260 g/mol. The van der Waals surface area contributed by atoms with E-state index < -0.39 is 11.7 Å². The van der Waals surface area contributed by atoms with Gasteiger partial charge in [-0.1, -0.05) is 29.3 Å². The number of benzene rings is 1. The second kappa shape index (κ2) is 4.53. The Morgan fingerprint density at radius 1 is 1.31 bits per heavy atom. The van der Waals surface area contributed by atoms with Crippen LogP contribution in [-0.4, -0.2) is 17.8 Å². The highest BCUT2D eigenvalue weighted by atomic mass is 35.5. The molecule has 1 atom stereocenters. The first kappa shape index (κ1) is 12.2. The van der Waals surface area contributed by atoms with Crippen LogP contribution in [0.5, 0.6) is 0 Å². The smallest absolute Gasteiger partial charge is 0.108 e. The first-order chi connectivity index (χ1) is 7.59. The van der Waals surface area contributed by atoms with Crippen molar-refractivity contribution in [1.82, 2.24) is 0 Å². The van der Waals surface area contributed by atoms with Crippen LogP contribution in [0.25, 0.3) is 0 Å². The Balaban J connectivity index is 2.26. The molecule has 1 aromatic carbocycles. The highest BCUT2D eigenvalue weighted by Crippen LogP contribution is 2.45. The maximum absolute atomic E-state index is 10.3. The van der Waals surface area contributed by atoms with Crippen LogP contribution in [0.4, 0.5) is 0 Å². The van der Waals surface area contributed by atoms with E-state index in [1.807, 2.05) is 0 Å². The summed E-state index contributed by atoms with van der Waals surface area (Å²) in [6, 6.07) is 5.19. The molecular formula is C12H14Cl2O2. The summed E-state index contributed by atoms with van der Waals surface area (Å²) in [7, 11) is 1.64. The number of halogens is 2. The Hall–Kier alpha value is -0.280. The number of hydrogen-bond donors (Lipinski definition) is 1. The zero-order valence-electron chi connectivity index (χ0n) is 9.04. The lowest BCUT2D eigenvalue weighted by atomic mass is 9.74. The van der Waals surface area contributed by atoms with Gasteiger partial charge in [0, 0.05) is 7.11 Å². The molecule has 1 fully saturated rings. The van der Waals surface area contributed by atoms with Gasteiger partial charge in [0.2, 0.25) is 0 Å². The summed E-state index contributed by atoms with van der Waals surface area (Å²) < 4.78 is 5.43. The molecule has 2 rings (SSSR count). The van der Waals surface area contributed by atoms with Crippen LogP contribution in [0.3, 0.4) is 0 Å². The molecule has 1 N–H and O–H groups in total. The maximum atomic E-state index is 10.3. The van der Waals surface area contributed by atoms with Crippen molar-refractivity contribution in [2.45, 2.75) is 31.0 Å². The topological polar surface area (TPSA) is 29.5 Å². The minimum absolute atomic E-state index is 0.433. The van der Waals surface area contributed by atoms with Crippen molar-refractivity contribution >= 4 is 23.2 Å². The molecule has 1 saturated carbocycles. The summed E-state index contributed by atoms with van der Waals surface area (Å²) in [6.07, 6.45) is 2.21. The number of hydrogen-bond acceptors (Lipinski definition) is 2. The van der Waals surface area contributed by atoms with Crippen molar-refractivity contribution in [1.29, 1.82) is 0 Å². The van der Waals surface area contributed by atoms with E-state index in [1.54, 1.807) is 25.3 Å². The van der Waals surface area contributed by atoms with Gasteiger partial charge in [0.25, 0.3) is 0 Å². The third-order valence-corrected chi connectivity index (χ3v) is 4.10. The third kappa shape index (κ3) is 1.95. The van der Waals surface area contributed by atoms with Crippen LogP contribution in [-0.2, 0) is 4.74 Å². The SMILES string of the molecule is COC1(C(O)c2ccc(Cl)c(Cl)c2)CCC1. The van der Waals surface area contributed by atoms with Crippen molar-refractivity contribution in [3.8, 4) is 0 Å². The van der Waals surface area contributed by atoms with Crippen LogP contribution in [0.2, 0.25) is 10.0 Å². The summed E-state index contributed by atoms with van der Waals surface area (Å²) in [4.78, 5) is 0. The lowest BCUT2D eigenvalue weighted by Gasteiger charge is -2.44. The Kier molecular flexibility index (Phi) is 3.45. The molecular weight excluding hydrogens is 247 g/mol. The number of aliphatic hydroxyl groups is 1. The van der Waals surface area contributed by atoms with Crippen molar-refractivity contribution < 1.29 is 9.84 Å². The molecule has 0 saturated heterocycles. The van der Waals surface area contributed by atoms with Crippen LogP contribution in [0.15, 0.2) is 18.2 Å². The Bertz CT molecular complexity index is 383. The fourth-order valence-electron chi connectivity index (χ4n) is 2.10. The predicted molar refractivity (Wildman–Crippen MR) is 65.0 cm³/mol. The standard InChI is InChI=1S/C12H14Cl2O2/c1-16-12(5-2-6-12)11(15)8-3-4-9(13)10(14)7-8/h3-4,7,11,15H,2,5-6H2,1H3. The quantitative estimate of drug-likeness (QED) is 0.900. The molecule has 16 heavy (non-hydrogen) atoms. The third-order valence-electron chi connectivity index (χ3n) is 3.36. The van der Waals surface area contributed by atoms with Gasteiger partial charge in [-0.3, -0.25) is 0 Å². The lowest BCUT2D eigenvalue weighted by Crippen LogP contribution is -2.45. The average molecular weight is 261 g/mol. The first-order valence-corrected chi connectivity index (χ1v) is 6.03. The van der Waals surface area contributed by atoms with Crippen LogP contribution >= 0.6 is 23.2 Å². The molecule has 0 heterocycles. The summed E-state index contributed by atoms with van der Waals surface area (Å²) in [5.41, 5.74) is 0.327. The van der Waals surface area contributed by atoms with Crippen molar-refractivity contribution in [2.24, 2.45) is 0 Å². The molecule has 1 aromatic rings. The second-order valence-corrected chi connectivity index (χ2v) is 5.01. The Labute approximate surface area is 105 Å². The van der Waals surface area contributed by atoms with E-state index in [2.05, 4.69) is 0 Å². The summed E-state index contributed by atoms with van der Waals surface area (Å²) >= 11 is 11.8. The van der Waals surface area contributed by atoms with Crippen molar-refractivity contribution in [3.63, 3.8) is 0 Å². The largest absolute Gasteiger partial charge is 0.385 e. The molecule has 1 aliphatic rings. The Morgan fingerprint density at radius 3 is 2.44 bits per heavy atom. The lowest BCUT2D eigenvalue weighted by molar-refractivity contribution is -0.151. The molecule has 0 radical (unpaired) electrons. The molecule has 2 nitrogen and oxygen atoms in total. The van der Waals surface area contributed by atoms with Gasteiger partial charge in [0.15, 0.2) is 0 Å². The van der Waals surface area contributed by atoms with Gasteiger partial charge < -0.3 is 9.84 Å². The molecule has 4 heteroatoms. The van der Waals surface area contributed by atoms with Gasteiger partial charge in [-0.05, 0) is 37.0 Å². The van der Waals surface area contributed by atoms with Gasteiger partial charge in [-0.2, -0.15) is 0 Å². The van der Waals surface area contributed by atoms with E-state index >= 15 is 0 Å². The highest BCUT2D eigenvalue weighted by molar-refractivity contribution is 6.42. The number of aliphatic hydroxyl groups excluding tert-OH is 1. The zero-order chi connectivity index (χ0) is 11.8. The van der Waals surface area contributed by atoms with Gasteiger partial charge >= 0.3 is 0 Å². The molecule has 0 amide bonds. The molecule has 88 valence electrons. The fourth-order valence-corrected chi connectivity index (χ4v) is 2.41. The van der Waals surface area contributed by atoms with E-state index in [9.17, 15) is 5.11 Å². The number of ether oxygens (including phenoxy) is 1. The van der Waals surface area contributed by atoms with E-state index in [-0.39, 0.29) is 0 Å². The molecule has 0 bridgehead atoms. The minimum Gasteiger partial charge on any atom is -0.385 e. The fraction of sp³-hybridized carbons (Fsp3) is 0.500. The van der Waals surface area contributed by atoms with Crippen LogP contribution < -0.4 is 0 Å². The first-order valence-electron chi connectivity index (χ1n) is 5.27. The molecule has 1 unspecified atom stereocenters. The number of rotatable bonds is 3. The van der Waals surface area contributed by atoms with Gasteiger partial charge in [0.05, 0.1) is 15.6 Å². The van der Waals surface area contributed by atoms with E-state index in [1.165, 1.54) is 0 Å². The average Bonchev–Trinajstić information content (AvgIpc) is 2.21. The maximum Gasteiger partial charge on any atom is 0.108 e. The van der Waals surface area contributed by atoms with Crippen molar-refractivity contribution in [3.05, 3.63) is 33.8 Å². The zero-order valence-corrected chi connectivity index (χ0v) is 10.6.